The number of nitrogens with two attached hydrogens (primary N) is 1. The van der Waals surface area contributed by atoms with Gasteiger partial charge in [-0.25, -0.2) is 4.98 Å². The largest absolute Gasteiger partial charge is 0.375 e. The molecule has 0 radical (unpaired) electrons. The van der Waals surface area contributed by atoms with Crippen LogP contribution in [0.4, 0.5) is 5.13 Å². The molecular weight excluding hydrogens is 254 g/mol. The summed E-state index contributed by atoms with van der Waals surface area (Å²) < 4.78 is 0. The van der Waals surface area contributed by atoms with Crippen molar-refractivity contribution in [2.75, 3.05) is 5.73 Å². The highest BCUT2D eigenvalue weighted by Gasteiger charge is 2.12. The van der Waals surface area contributed by atoms with Crippen LogP contribution in [0, 0.1) is 6.92 Å². The lowest BCUT2D eigenvalue weighted by atomic mass is 10.1. The molecule has 0 saturated heterocycles. The summed E-state index contributed by atoms with van der Waals surface area (Å²) in [6.45, 7) is 2.05. The Morgan fingerprint density at radius 3 is 2.76 bits per heavy atom. The molecular formula is C12H12ClN3S. The number of aromatic amines is 1. The number of benzene rings is 1. The van der Waals surface area contributed by atoms with E-state index in [4.69, 9.17) is 5.73 Å². The number of aryl methyl sites for hydroxylation is 1. The van der Waals surface area contributed by atoms with Crippen LogP contribution < -0.4 is 5.73 Å². The normalized spacial score (nSPS) is 10.4. The number of rotatable bonds is 1. The maximum Gasteiger partial charge on any atom is 0.180 e. The van der Waals surface area contributed by atoms with Crippen LogP contribution in [0.15, 0.2) is 30.5 Å². The second kappa shape index (κ2) is 4.39. The number of fused-ring (bicyclic) bond motifs is 1. The van der Waals surface area contributed by atoms with Gasteiger partial charge >= 0.3 is 0 Å². The van der Waals surface area contributed by atoms with Gasteiger partial charge in [-0.15, -0.1) is 23.7 Å². The quantitative estimate of drug-likeness (QED) is 0.706. The second-order valence-corrected chi connectivity index (χ2v) is 4.94. The summed E-state index contributed by atoms with van der Waals surface area (Å²) in [6, 6.07) is 8.20. The molecule has 3 aromatic rings. The molecule has 0 aliphatic rings. The van der Waals surface area contributed by atoms with Crippen LogP contribution in [-0.2, 0) is 0 Å². The van der Waals surface area contributed by atoms with E-state index in [0.717, 1.165) is 21.7 Å². The summed E-state index contributed by atoms with van der Waals surface area (Å²) in [5.41, 5.74) is 8.97. The minimum absolute atomic E-state index is 0. The van der Waals surface area contributed by atoms with Gasteiger partial charge in [0.15, 0.2) is 5.13 Å². The van der Waals surface area contributed by atoms with E-state index in [9.17, 15) is 0 Å². The van der Waals surface area contributed by atoms with Gasteiger partial charge in [0.1, 0.15) is 0 Å². The summed E-state index contributed by atoms with van der Waals surface area (Å²) in [7, 11) is 0. The summed E-state index contributed by atoms with van der Waals surface area (Å²) in [5.74, 6) is 0. The lowest BCUT2D eigenvalue weighted by Crippen LogP contribution is -1.82. The van der Waals surface area contributed by atoms with Crippen LogP contribution in [0.3, 0.4) is 0 Å². The number of hydrogen-bond donors (Lipinski definition) is 2. The van der Waals surface area contributed by atoms with Gasteiger partial charge in [-0.3, -0.25) is 0 Å². The van der Waals surface area contributed by atoms with Gasteiger partial charge in [-0.1, -0.05) is 18.2 Å². The number of halogens is 1. The Kier molecular flexibility index (Phi) is 3.09. The lowest BCUT2D eigenvalue weighted by Gasteiger charge is -1.95. The highest BCUT2D eigenvalue weighted by molar-refractivity contribution is 7.15. The maximum atomic E-state index is 5.73. The molecule has 2 heterocycles. The summed E-state index contributed by atoms with van der Waals surface area (Å²) >= 11 is 1.53. The predicted molar refractivity (Wildman–Crippen MR) is 75.8 cm³/mol. The highest BCUT2D eigenvalue weighted by atomic mass is 35.5. The standard InChI is InChI=1S/C12H11N3S.ClH/c1-7-11(15-12(13)16-7)9-6-14-10-5-3-2-4-8(9)10;/h2-6,14H,1H3,(H2,13,15);1H. The summed E-state index contributed by atoms with van der Waals surface area (Å²) in [5, 5.41) is 1.81. The number of H-pyrrole nitrogens is 1. The minimum atomic E-state index is 0. The molecule has 0 fully saturated rings. The van der Waals surface area contributed by atoms with Crippen molar-refractivity contribution in [1.82, 2.24) is 9.97 Å². The zero-order valence-corrected chi connectivity index (χ0v) is 10.9. The number of hydrogen-bond acceptors (Lipinski definition) is 3. The smallest absolute Gasteiger partial charge is 0.180 e. The fraction of sp³-hybridized carbons (Fsp3) is 0.0833. The number of nitrogen functional groups attached to an aromatic ring is 1. The van der Waals surface area contributed by atoms with Crippen molar-refractivity contribution in [2.45, 2.75) is 6.92 Å². The Balaban J connectivity index is 0.00000108. The Hall–Kier alpha value is -1.52. The molecule has 3 nitrogen and oxygen atoms in total. The van der Waals surface area contributed by atoms with Crippen LogP contribution in [0.25, 0.3) is 22.2 Å². The van der Waals surface area contributed by atoms with E-state index < -0.39 is 0 Å². The first-order chi connectivity index (χ1) is 7.75. The third kappa shape index (κ3) is 1.90. The van der Waals surface area contributed by atoms with Gasteiger partial charge in [0.2, 0.25) is 0 Å². The fourth-order valence-electron chi connectivity index (χ4n) is 1.93. The number of thiazole rings is 1. The van der Waals surface area contributed by atoms with Gasteiger partial charge in [-0.2, -0.15) is 0 Å². The van der Waals surface area contributed by atoms with Crippen LogP contribution in [-0.4, -0.2) is 9.97 Å². The third-order valence-electron chi connectivity index (χ3n) is 2.66. The van der Waals surface area contributed by atoms with E-state index in [1.54, 1.807) is 0 Å². The van der Waals surface area contributed by atoms with Gasteiger partial charge in [-0.05, 0) is 13.0 Å². The van der Waals surface area contributed by atoms with Crippen molar-refractivity contribution in [2.24, 2.45) is 0 Å². The van der Waals surface area contributed by atoms with E-state index in [1.165, 1.54) is 16.7 Å². The molecule has 0 amide bonds. The fourth-order valence-corrected chi connectivity index (χ4v) is 2.64. The molecule has 0 spiro atoms. The maximum absolute atomic E-state index is 5.73. The summed E-state index contributed by atoms with van der Waals surface area (Å²) in [6.07, 6.45) is 1.99. The van der Waals surface area contributed by atoms with Gasteiger partial charge in [0.25, 0.3) is 0 Å². The van der Waals surface area contributed by atoms with Crippen LogP contribution in [0.2, 0.25) is 0 Å². The molecule has 0 aliphatic carbocycles. The average molecular weight is 266 g/mol. The van der Waals surface area contributed by atoms with Crippen LogP contribution in [0.1, 0.15) is 4.88 Å². The number of para-hydroxylation sites is 1. The number of anilines is 1. The van der Waals surface area contributed by atoms with Crippen molar-refractivity contribution in [1.29, 1.82) is 0 Å². The van der Waals surface area contributed by atoms with Gasteiger partial charge < -0.3 is 10.7 Å². The highest BCUT2D eigenvalue weighted by Crippen LogP contribution is 2.33. The molecule has 17 heavy (non-hydrogen) atoms. The molecule has 0 unspecified atom stereocenters. The first kappa shape index (κ1) is 12.0. The number of nitrogens with one attached hydrogen (secondary N) is 1. The molecule has 0 saturated carbocycles. The third-order valence-corrected chi connectivity index (χ3v) is 3.46. The number of nitrogens with zero attached hydrogens (tertiary/aromatic N) is 1. The second-order valence-electron chi connectivity index (χ2n) is 3.70. The molecule has 3 N–H and O–H groups in total. The molecule has 0 atom stereocenters. The molecule has 5 heteroatoms. The van der Waals surface area contributed by atoms with E-state index in [1.807, 2.05) is 25.3 Å². The molecule has 88 valence electrons. The lowest BCUT2D eigenvalue weighted by molar-refractivity contribution is 1.38. The molecule has 0 bridgehead atoms. The zero-order valence-electron chi connectivity index (χ0n) is 9.23. The van der Waals surface area contributed by atoms with Crippen molar-refractivity contribution in [3.05, 3.63) is 35.3 Å². The zero-order chi connectivity index (χ0) is 11.1. The van der Waals surface area contributed by atoms with E-state index >= 15 is 0 Å². The topological polar surface area (TPSA) is 54.7 Å². The SMILES string of the molecule is Cc1sc(N)nc1-c1c[nH]c2ccccc12.Cl. The number of aromatic nitrogens is 2. The van der Waals surface area contributed by atoms with Crippen LogP contribution >= 0.6 is 23.7 Å². The molecule has 3 rings (SSSR count). The Morgan fingerprint density at radius 2 is 2.06 bits per heavy atom. The Bertz CT molecular complexity index is 657. The van der Waals surface area contributed by atoms with Crippen molar-refractivity contribution in [3.8, 4) is 11.3 Å². The Morgan fingerprint density at radius 1 is 1.29 bits per heavy atom. The van der Waals surface area contributed by atoms with Crippen molar-refractivity contribution >= 4 is 39.8 Å². The van der Waals surface area contributed by atoms with Crippen molar-refractivity contribution in [3.63, 3.8) is 0 Å². The molecule has 1 aromatic carbocycles. The van der Waals surface area contributed by atoms with Crippen molar-refractivity contribution < 1.29 is 0 Å². The molecule has 2 aromatic heterocycles. The Labute approximate surface area is 109 Å². The van der Waals surface area contributed by atoms with Gasteiger partial charge in [0.05, 0.1) is 5.69 Å². The minimum Gasteiger partial charge on any atom is -0.375 e. The van der Waals surface area contributed by atoms with E-state index in [0.29, 0.717) is 5.13 Å². The molecule has 0 aliphatic heterocycles. The monoisotopic (exact) mass is 265 g/mol. The van der Waals surface area contributed by atoms with Crippen LogP contribution in [0.5, 0.6) is 0 Å². The van der Waals surface area contributed by atoms with Gasteiger partial charge in [0, 0.05) is 27.5 Å². The average Bonchev–Trinajstić information content (AvgIpc) is 2.81. The van der Waals surface area contributed by atoms with E-state index in [-0.39, 0.29) is 12.4 Å². The first-order valence-corrected chi connectivity index (χ1v) is 5.87. The first-order valence-electron chi connectivity index (χ1n) is 5.05. The predicted octanol–water partition coefficient (Wildman–Crippen LogP) is 3.60. The summed E-state index contributed by atoms with van der Waals surface area (Å²) in [4.78, 5) is 8.78. The van der Waals surface area contributed by atoms with E-state index in [2.05, 4.69) is 22.1 Å².